The van der Waals surface area contributed by atoms with E-state index in [4.69, 9.17) is 9.15 Å². The highest BCUT2D eigenvalue weighted by molar-refractivity contribution is 6.49. The molecule has 0 bridgehead atoms. The van der Waals surface area contributed by atoms with Crippen LogP contribution in [0.5, 0.6) is 0 Å². The Kier molecular flexibility index (Phi) is 6.50. The molecule has 0 unspecified atom stereocenters. The van der Waals surface area contributed by atoms with Gasteiger partial charge in [-0.15, -0.1) is 0 Å². The summed E-state index contributed by atoms with van der Waals surface area (Å²) >= 11 is 0. The van der Waals surface area contributed by atoms with Gasteiger partial charge in [0.05, 0.1) is 0 Å². The van der Waals surface area contributed by atoms with E-state index in [1.165, 1.54) is 57.4 Å². The summed E-state index contributed by atoms with van der Waals surface area (Å²) in [6.45, 7) is 2.26. The number of unbranched alkanes of at least 4 members (excludes halogenated alkanes) is 7. The Morgan fingerprint density at radius 1 is 0.769 bits per heavy atom. The minimum Gasteiger partial charge on any atom is -0.261 e. The van der Waals surface area contributed by atoms with Crippen LogP contribution in [-0.4, -0.2) is 9.28 Å². The first-order valence-electron chi connectivity index (χ1n) is 5.75. The third-order valence-electron chi connectivity index (χ3n) is 2.53. The first-order valence-corrected chi connectivity index (χ1v) is 7.51. The molecule has 0 N–H and O–H groups in total. The van der Waals surface area contributed by atoms with Crippen molar-refractivity contribution in [1.82, 2.24) is 0 Å². The van der Waals surface area contributed by atoms with Crippen molar-refractivity contribution < 1.29 is 9.15 Å². The summed E-state index contributed by atoms with van der Waals surface area (Å²) in [5.41, 5.74) is 0. The van der Waals surface area contributed by atoms with E-state index >= 15 is 0 Å². The van der Waals surface area contributed by atoms with Crippen LogP contribution in [0.3, 0.4) is 0 Å². The zero-order valence-corrected chi connectivity index (χ0v) is 9.91. The van der Waals surface area contributed by atoms with E-state index in [1.807, 2.05) is 0 Å². The van der Waals surface area contributed by atoms with Gasteiger partial charge in [0.15, 0.2) is 0 Å². The van der Waals surface area contributed by atoms with Crippen LogP contribution in [0.2, 0.25) is 6.04 Å². The van der Waals surface area contributed by atoms with E-state index in [-0.39, 0.29) is 0 Å². The maximum atomic E-state index is 4.81. The van der Waals surface area contributed by atoms with E-state index in [0.717, 1.165) is 0 Å². The molecular weight excluding hydrogens is 180 g/mol. The highest BCUT2D eigenvalue weighted by atomic mass is 28.3. The summed E-state index contributed by atoms with van der Waals surface area (Å²) in [5.74, 6) is 0. The average molecular weight is 202 g/mol. The second-order valence-electron chi connectivity index (χ2n) is 3.89. The molecule has 3 heteroatoms. The molecule has 1 rings (SSSR count). The van der Waals surface area contributed by atoms with Crippen molar-refractivity contribution in [2.75, 3.05) is 0 Å². The van der Waals surface area contributed by atoms with Gasteiger partial charge < -0.3 is 0 Å². The summed E-state index contributed by atoms with van der Waals surface area (Å²) in [6.07, 6.45) is 11.2. The van der Waals surface area contributed by atoms with Crippen LogP contribution in [0.15, 0.2) is 0 Å². The molecule has 0 amide bonds. The van der Waals surface area contributed by atoms with Gasteiger partial charge in [-0.05, 0) is 6.04 Å². The Hall–Kier alpha value is 0.137. The van der Waals surface area contributed by atoms with Gasteiger partial charge in [0, 0.05) is 0 Å². The van der Waals surface area contributed by atoms with Gasteiger partial charge in [-0.25, -0.2) is 0 Å². The molecule has 0 radical (unpaired) electrons. The quantitative estimate of drug-likeness (QED) is 0.248. The first-order chi connectivity index (χ1) is 6.43. The lowest BCUT2D eigenvalue weighted by molar-refractivity contribution is 0.0850. The summed E-state index contributed by atoms with van der Waals surface area (Å²) in [5, 5.41) is 0. The lowest BCUT2D eigenvalue weighted by Gasteiger charge is -1.99. The molecule has 2 nitrogen and oxygen atoms in total. The van der Waals surface area contributed by atoms with Crippen molar-refractivity contribution in [3.8, 4) is 0 Å². The van der Waals surface area contributed by atoms with Gasteiger partial charge in [0.25, 0.3) is 0 Å². The van der Waals surface area contributed by atoms with Gasteiger partial charge in [-0.2, -0.15) is 0 Å². The Labute approximate surface area is 83.4 Å². The highest BCUT2D eigenvalue weighted by Crippen LogP contribution is 2.17. The molecule has 1 aliphatic heterocycles. The molecule has 0 aromatic rings. The van der Waals surface area contributed by atoms with E-state index in [9.17, 15) is 0 Å². The Morgan fingerprint density at radius 2 is 1.31 bits per heavy atom. The molecule has 78 valence electrons. The monoisotopic (exact) mass is 202 g/mol. The minimum atomic E-state index is -0.990. The zero-order chi connectivity index (χ0) is 9.36. The van der Waals surface area contributed by atoms with Crippen LogP contribution in [0.1, 0.15) is 58.3 Å². The fourth-order valence-corrected chi connectivity index (χ4v) is 2.71. The van der Waals surface area contributed by atoms with E-state index in [2.05, 4.69) is 6.92 Å². The van der Waals surface area contributed by atoms with Crippen molar-refractivity contribution >= 4 is 9.28 Å². The Bertz CT molecular complexity index is 115. The highest BCUT2D eigenvalue weighted by Gasteiger charge is 2.28. The predicted octanol–water partition coefficient (Wildman–Crippen LogP) is 3.31. The molecule has 1 saturated heterocycles. The van der Waals surface area contributed by atoms with Crippen molar-refractivity contribution in [3.63, 3.8) is 0 Å². The van der Waals surface area contributed by atoms with E-state index < -0.39 is 9.28 Å². The molecule has 0 atom stereocenters. The lowest BCUT2D eigenvalue weighted by atomic mass is 10.1. The van der Waals surface area contributed by atoms with Gasteiger partial charge in [-0.1, -0.05) is 58.3 Å². The van der Waals surface area contributed by atoms with Crippen LogP contribution in [0.25, 0.3) is 0 Å². The summed E-state index contributed by atoms with van der Waals surface area (Å²) in [7, 11) is -0.990. The SMILES string of the molecule is CCCCCCCCCC[SiH]1OO1. The van der Waals surface area contributed by atoms with Crippen molar-refractivity contribution in [2.45, 2.75) is 64.3 Å². The van der Waals surface area contributed by atoms with Crippen LogP contribution in [0.4, 0.5) is 0 Å². The maximum absolute atomic E-state index is 4.81. The van der Waals surface area contributed by atoms with Gasteiger partial charge in [0.2, 0.25) is 0 Å². The summed E-state index contributed by atoms with van der Waals surface area (Å²) in [6, 6.07) is 1.23. The van der Waals surface area contributed by atoms with Crippen LogP contribution in [-0.2, 0) is 9.15 Å². The normalized spacial score (nSPS) is 16.4. The predicted molar refractivity (Wildman–Crippen MR) is 56.7 cm³/mol. The summed E-state index contributed by atoms with van der Waals surface area (Å²) in [4.78, 5) is 0. The van der Waals surface area contributed by atoms with E-state index in [0.29, 0.717) is 0 Å². The molecule has 0 spiro atoms. The van der Waals surface area contributed by atoms with Crippen LogP contribution in [0, 0.1) is 0 Å². The standard InChI is InChI=1S/C10H22O2Si/c1-2-3-4-5-6-7-8-9-10-13-11-12-13/h13H,2-10H2,1H3. The largest absolute Gasteiger partial charge is 0.393 e. The van der Waals surface area contributed by atoms with Crippen molar-refractivity contribution in [2.24, 2.45) is 0 Å². The number of hydrogen-bond acceptors (Lipinski definition) is 2. The molecule has 1 heterocycles. The molecule has 13 heavy (non-hydrogen) atoms. The van der Waals surface area contributed by atoms with Gasteiger partial charge in [-0.3, -0.25) is 9.15 Å². The molecule has 0 saturated carbocycles. The first kappa shape index (κ1) is 11.2. The fraction of sp³-hybridized carbons (Fsp3) is 1.00. The Balaban J connectivity index is 1.63. The third kappa shape index (κ3) is 7.23. The maximum Gasteiger partial charge on any atom is 0.393 e. The molecule has 0 aromatic heterocycles. The Morgan fingerprint density at radius 3 is 1.85 bits per heavy atom. The fourth-order valence-electron chi connectivity index (χ4n) is 1.58. The van der Waals surface area contributed by atoms with Gasteiger partial charge >= 0.3 is 9.28 Å². The van der Waals surface area contributed by atoms with Crippen molar-refractivity contribution in [3.05, 3.63) is 0 Å². The second kappa shape index (κ2) is 7.53. The topological polar surface area (TPSA) is 25.1 Å². The lowest BCUT2D eigenvalue weighted by Crippen LogP contribution is -1.88. The van der Waals surface area contributed by atoms with Crippen LogP contribution < -0.4 is 0 Å². The van der Waals surface area contributed by atoms with Gasteiger partial charge in [0.1, 0.15) is 0 Å². The summed E-state index contributed by atoms with van der Waals surface area (Å²) < 4.78 is 9.61. The molecule has 1 fully saturated rings. The second-order valence-corrected chi connectivity index (χ2v) is 5.71. The number of rotatable bonds is 9. The van der Waals surface area contributed by atoms with Crippen LogP contribution >= 0.6 is 0 Å². The molecule has 0 aromatic carbocycles. The minimum absolute atomic E-state index is 0.990. The zero-order valence-electron chi connectivity index (χ0n) is 8.76. The average Bonchev–Trinajstić information content (AvgIpc) is 2.93. The number of hydrogen-bond donors (Lipinski definition) is 0. The van der Waals surface area contributed by atoms with E-state index in [1.54, 1.807) is 0 Å². The third-order valence-corrected chi connectivity index (χ3v) is 3.87. The van der Waals surface area contributed by atoms with Crippen molar-refractivity contribution in [1.29, 1.82) is 0 Å². The molecule has 0 aliphatic carbocycles. The molecule has 1 aliphatic rings. The molecular formula is C10H22O2Si. The smallest absolute Gasteiger partial charge is 0.261 e.